The van der Waals surface area contributed by atoms with Gasteiger partial charge in [-0.3, -0.25) is 0 Å². The highest BCUT2D eigenvalue weighted by Crippen LogP contribution is 2.23. The quantitative estimate of drug-likeness (QED) is 0.645. The molecule has 0 spiro atoms. The zero-order valence-electron chi connectivity index (χ0n) is 17.4. The Hall–Kier alpha value is -2.85. The van der Waals surface area contributed by atoms with Gasteiger partial charge in [-0.25, -0.2) is 17.6 Å². The molecule has 1 fully saturated rings. The molecule has 2 aromatic carbocycles. The molecule has 1 aliphatic heterocycles. The van der Waals surface area contributed by atoms with Crippen LogP contribution in [0, 0.1) is 5.82 Å². The fourth-order valence-electron chi connectivity index (χ4n) is 3.32. The van der Waals surface area contributed by atoms with Crippen molar-refractivity contribution in [2.45, 2.75) is 6.92 Å². The Balaban J connectivity index is 1.45. The van der Waals surface area contributed by atoms with Gasteiger partial charge in [0, 0.05) is 38.4 Å². The third-order valence-corrected chi connectivity index (χ3v) is 6.78. The molecule has 1 saturated heterocycles. The van der Waals surface area contributed by atoms with Gasteiger partial charge in [-0.1, -0.05) is 12.1 Å². The highest BCUT2D eigenvalue weighted by molar-refractivity contribution is 7.89. The Morgan fingerprint density at radius 1 is 1.06 bits per heavy atom. The molecule has 168 valence electrons. The number of nitrogens with one attached hydrogen (secondary N) is 2. The van der Waals surface area contributed by atoms with Crippen LogP contribution in [0.5, 0.6) is 5.75 Å². The molecule has 0 unspecified atom stereocenters. The number of halogens is 1. The topological polar surface area (TPSA) is 91.0 Å². The van der Waals surface area contributed by atoms with Gasteiger partial charge in [0.2, 0.25) is 10.0 Å². The van der Waals surface area contributed by atoms with Gasteiger partial charge >= 0.3 is 6.03 Å². The largest absolute Gasteiger partial charge is 0.492 e. The van der Waals surface area contributed by atoms with Crippen molar-refractivity contribution >= 4 is 27.4 Å². The molecule has 0 bridgehead atoms. The van der Waals surface area contributed by atoms with Crippen molar-refractivity contribution in [2.75, 3.05) is 55.3 Å². The highest BCUT2D eigenvalue weighted by atomic mass is 32.2. The van der Waals surface area contributed by atoms with Crippen LogP contribution in [-0.2, 0) is 10.0 Å². The zero-order valence-corrected chi connectivity index (χ0v) is 18.2. The van der Waals surface area contributed by atoms with Crippen LogP contribution in [0.1, 0.15) is 6.92 Å². The average Bonchev–Trinajstić information content (AvgIpc) is 2.76. The minimum Gasteiger partial charge on any atom is -0.492 e. The Morgan fingerprint density at radius 3 is 2.42 bits per heavy atom. The lowest BCUT2D eigenvalue weighted by molar-refractivity contribution is 0.252. The molecule has 10 heteroatoms. The number of anilines is 2. The molecule has 31 heavy (non-hydrogen) atoms. The lowest BCUT2D eigenvalue weighted by atomic mass is 10.2. The fraction of sp³-hybridized carbons (Fsp3) is 0.381. The van der Waals surface area contributed by atoms with Crippen molar-refractivity contribution in [3.8, 4) is 5.75 Å². The number of hydrogen-bond acceptors (Lipinski definition) is 5. The lowest BCUT2D eigenvalue weighted by Gasteiger charge is -2.35. The van der Waals surface area contributed by atoms with E-state index in [9.17, 15) is 17.6 Å². The van der Waals surface area contributed by atoms with Crippen LogP contribution in [0.4, 0.5) is 20.6 Å². The number of sulfonamides is 1. The summed E-state index contributed by atoms with van der Waals surface area (Å²) in [6.07, 6.45) is 0. The van der Waals surface area contributed by atoms with E-state index < -0.39 is 16.1 Å². The van der Waals surface area contributed by atoms with Gasteiger partial charge in [-0.05, 0) is 43.3 Å². The molecule has 2 aromatic rings. The average molecular weight is 451 g/mol. The van der Waals surface area contributed by atoms with E-state index in [1.807, 2.05) is 11.8 Å². The Labute approximate surface area is 182 Å². The van der Waals surface area contributed by atoms with Gasteiger partial charge in [0.25, 0.3) is 0 Å². The fourth-order valence-corrected chi connectivity index (χ4v) is 4.65. The standard InChI is InChI=1S/C21H27FN4O4S/c1-2-30-20-6-4-3-5-19(20)24-21(27)23-11-16-31(28,29)26-14-12-25(13-15-26)18-9-7-17(22)8-10-18/h3-10H,2,11-16H2,1H3,(H2,23,24,27). The predicted octanol–water partition coefficient (Wildman–Crippen LogP) is 2.50. The number of carbonyl (C=O) groups is 1. The highest BCUT2D eigenvalue weighted by Gasteiger charge is 2.27. The van der Waals surface area contributed by atoms with E-state index >= 15 is 0 Å². The number of ether oxygens (including phenoxy) is 1. The molecular weight excluding hydrogens is 423 g/mol. The molecule has 0 aromatic heterocycles. The van der Waals surface area contributed by atoms with E-state index in [-0.39, 0.29) is 18.1 Å². The van der Waals surface area contributed by atoms with E-state index in [4.69, 9.17) is 4.74 Å². The number of piperazine rings is 1. The molecule has 1 heterocycles. The van der Waals surface area contributed by atoms with E-state index in [2.05, 4.69) is 10.6 Å². The maximum absolute atomic E-state index is 13.1. The van der Waals surface area contributed by atoms with Gasteiger partial charge in [-0.2, -0.15) is 4.31 Å². The molecular formula is C21H27FN4O4S. The van der Waals surface area contributed by atoms with Crippen LogP contribution in [0.2, 0.25) is 0 Å². The minimum atomic E-state index is -3.50. The first-order valence-corrected chi connectivity index (χ1v) is 11.7. The number of hydrogen-bond donors (Lipinski definition) is 2. The molecule has 0 aliphatic carbocycles. The van der Waals surface area contributed by atoms with Gasteiger partial charge < -0.3 is 20.3 Å². The molecule has 8 nitrogen and oxygen atoms in total. The van der Waals surface area contributed by atoms with Gasteiger partial charge in [0.05, 0.1) is 18.0 Å². The summed E-state index contributed by atoms with van der Waals surface area (Å²) < 4.78 is 45.2. The number of rotatable bonds is 8. The SMILES string of the molecule is CCOc1ccccc1NC(=O)NCCS(=O)(=O)N1CCN(c2ccc(F)cc2)CC1. The van der Waals surface area contributed by atoms with Crippen molar-refractivity contribution in [1.82, 2.24) is 9.62 Å². The van der Waals surface area contributed by atoms with E-state index in [0.29, 0.717) is 44.2 Å². The number of benzene rings is 2. The maximum atomic E-state index is 13.1. The normalized spacial score (nSPS) is 14.8. The summed E-state index contributed by atoms with van der Waals surface area (Å²) in [5.41, 5.74) is 1.38. The Kier molecular flexibility index (Phi) is 7.69. The zero-order chi connectivity index (χ0) is 22.3. The number of carbonyl (C=O) groups excluding carboxylic acids is 1. The first-order valence-electron chi connectivity index (χ1n) is 10.1. The summed E-state index contributed by atoms with van der Waals surface area (Å²) in [5, 5.41) is 5.25. The number of amides is 2. The summed E-state index contributed by atoms with van der Waals surface area (Å²) in [4.78, 5) is 14.2. The molecule has 2 amide bonds. The van der Waals surface area contributed by atoms with Crippen LogP contribution >= 0.6 is 0 Å². The van der Waals surface area contributed by atoms with Gasteiger partial charge in [-0.15, -0.1) is 0 Å². The maximum Gasteiger partial charge on any atom is 0.319 e. The molecule has 0 saturated carbocycles. The van der Waals surface area contributed by atoms with E-state index in [1.165, 1.54) is 16.4 Å². The molecule has 1 aliphatic rings. The second-order valence-corrected chi connectivity index (χ2v) is 9.08. The molecule has 0 radical (unpaired) electrons. The van der Waals surface area contributed by atoms with Crippen LogP contribution in [0.15, 0.2) is 48.5 Å². The third kappa shape index (κ3) is 6.31. The monoisotopic (exact) mass is 450 g/mol. The summed E-state index contributed by atoms with van der Waals surface area (Å²) in [7, 11) is -3.50. The summed E-state index contributed by atoms with van der Waals surface area (Å²) in [6, 6.07) is 12.7. The van der Waals surface area contributed by atoms with Crippen molar-refractivity contribution in [3.05, 3.63) is 54.3 Å². The first kappa shape index (κ1) is 22.8. The number of nitrogens with zero attached hydrogens (tertiary/aromatic N) is 2. The second-order valence-electron chi connectivity index (χ2n) is 6.99. The molecule has 0 atom stereocenters. The number of para-hydroxylation sites is 2. The second kappa shape index (κ2) is 10.5. The van der Waals surface area contributed by atoms with Gasteiger partial charge in [0.15, 0.2) is 0 Å². The van der Waals surface area contributed by atoms with Crippen molar-refractivity contribution in [3.63, 3.8) is 0 Å². The summed E-state index contributed by atoms with van der Waals surface area (Å²) in [6.45, 7) is 4.03. The number of urea groups is 1. The van der Waals surface area contributed by atoms with Gasteiger partial charge in [0.1, 0.15) is 11.6 Å². The minimum absolute atomic E-state index is 0.0108. The van der Waals surface area contributed by atoms with Crippen LogP contribution in [0.3, 0.4) is 0 Å². The predicted molar refractivity (Wildman–Crippen MR) is 119 cm³/mol. The van der Waals surface area contributed by atoms with Crippen LogP contribution < -0.4 is 20.3 Å². The van der Waals surface area contributed by atoms with Crippen molar-refractivity contribution in [1.29, 1.82) is 0 Å². The molecule has 2 N–H and O–H groups in total. The van der Waals surface area contributed by atoms with Crippen molar-refractivity contribution in [2.24, 2.45) is 0 Å². The van der Waals surface area contributed by atoms with E-state index in [0.717, 1.165) is 5.69 Å². The van der Waals surface area contributed by atoms with Crippen molar-refractivity contribution < 1.29 is 22.3 Å². The van der Waals surface area contributed by atoms with Crippen LogP contribution in [-0.4, -0.2) is 63.8 Å². The Morgan fingerprint density at radius 2 is 1.74 bits per heavy atom. The molecule has 3 rings (SSSR count). The summed E-state index contributed by atoms with van der Waals surface area (Å²) in [5.74, 6) is 0.0547. The van der Waals surface area contributed by atoms with Crippen LogP contribution in [0.25, 0.3) is 0 Å². The van der Waals surface area contributed by atoms with E-state index in [1.54, 1.807) is 36.4 Å². The Bertz CT molecular complexity index is 977. The lowest BCUT2D eigenvalue weighted by Crippen LogP contribution is -2.50. The third-order valence-electron chi connectivity index (χ3n) is 4.90. The first-order chi connectivity index (χ1) is 14.9. The summed E-state index contributed by atoms with van der Waals surface area (Å²) >= 11 is 0. The smallest absolute Gasteiger partial charge is 0.319 e.